The smallest absolute Gasteiger partial charge is 0.305 e. The molecular weight excluding hydrogens is 614 g/mol. The first kappa shape index (κ1) is 30.8. The van der Waals surface area contributed by atoms with Crippen molar-refractivity contribution in [3.8, 4) is 0 Å². The average molecular weight is 649 g/mol. The van der Waals surface area contributed by atoms with E-state index in [2.05, 4.69) is 0 Å². The summed E-state index contributed by atoms with van der Waals surface area (Å²) in [7, 11) is 0. The Morgan fingerprint density at radius 3 is 2.60 bits per heavy atom. The minimum atomic E-state index is -2.26. The van der Waals surface area contributed by atoms with Gasteiger partial charge in [-0.15, -0.1) is 22.7 Å². The molecule has 0 aliphatic heterocycles. The molecule has 0 bridgehead atoms. The Kier molecular flexibility index (Phi) is 7.67. The van der Waals surface area contributed by atoms with Gasteiger partial charge in [0, 0.05) is 40.0 Å². The first-order valence-electron chi connectivity index (χ1n) is 14.8. The van der Waals surface area contributed by atoms with Gasteiger partial charge in [-0.05, 0) is 78.8 Å². The lowest BCUT2D eigenvalue weighted by molar-refractivity contribution is -0.212. The van der Waals surface area contributed by atoms with E-state index in [0.29, 0.717) is 26.1 Å². The number of rotatable bonds is 6. The molecule has 5 nitrogen and oxygen atoms in total. The Morgan fingerprint density at radius 1 is 1.19 bits per heavy atom. The topological polar surface area (TPSA) is 80.7 Å². The molecule has 10 heteroatoms. The molecule has 0 amide bonds. The van der Waals surface area contributed by atoms with Gasteiger partial charge in [0.25, 0.3) is 0 Å². The standard InChI is InChI=1S/C33H35ClF2O5S2/c1-5-28(40)41-30-16(2)10-19-20-12-22(35)21-13-23(37)18(14-32(21,4)33(20,36)26(39)15-31(19,30)3)29-17(8-9-42-29)11-24(38)25-6-7-27(34)43-25/h6-9,13-14,16,19-20,22,26,30,39H,5,10-12,15H2,1-4H3/t16-,19+,20+,22+,26+,30+,31+,32+,33+/m1/s1. The van der Waals surface area contributed by atoms with Crippen molar-refractivity contribution in [3.63, 3.8) is 0 Å². The molecule has 1 N–H and O–H groups in total. The van der Waals surface area contributed by atoms with E-state index >= 15 is 8.78 Å². The van der Waals surface area contributed by atoms with Gasteiger partial charge in [-0.2, -0.15) is 0 Å². The number of hydrogen-bond donors (Lipinski definition) is 1. The number of aliphatic hydroxyl groups excluding tert-OH is 1. The first-order chi connectivity index (χ1) is 20.2. The van der Waals surface area contributed by atoms with E-state index < -0.39 is 46.6 Å². The fourth-order valence-electron chi connectivity index (χ4n) is 8.72. The van der Waals surface area contributed by atoms with Gasteiger partial charge >= 0.3 is 5.97 Å². The summed E-state index contributed by atoms with van der Waals surface area (Å²) in [5, 5.41) is 13.5. The monoisotopic (exact) mass is 648 g/mol. The third kappa shape index (κ3) is 4.55. The molecule has 3 fully saturated rings. The predicted octanol–water partition coefficient (Wildman–Crippen LogP) is 7.60. The fraction of sp³-hybridized carbons (Fsp3) is 0.545. The molecular formula is C33H35ClF2O5S2. The number of halogens is 3. The maximum Gasteiger partial charge on any atom is 0.305 e. The summed E-state index contributed by atoms with van der Waals surface area (Å²) >= 11 is 8.47. The van der Waals surface area contributed by atoms with Crippen LogP contribution < -0.4 is 0 Å². The highest BCUT2D eigenvalue weighted by molar-refractivity contribution is 7.18. The van der Waals surface area contributed by atoms with Crippen LogP contribution in [0, 0.1) is 28.6 Å². The molecule has 0 radical (unpaired) electrons. The number of carbonyl (C=O) groups excluding carboxylic acids is 3. The Balaban J connectivity index is 1.39. The zero-order valence-corrected chi connectivity index (χ0v) is 26.9. The van der Waals surface area contributed by atoms with Gasteiger partial charge in [-0.1, -0.05) is 38.4 Å². The summed E-state index contributed by atoms with van der Waals surface area (Å²) in [6.07, 6.45) is -0.150. The predicted molar refractivity (Wildman–Crippen MR) is 164 cm³/mol. The first-order valence-corrected chi connectivity index (χ1v) is 16.9. The molecule has 2 heterocycles. The quantitative estimate of drug-likeness (QED) is 0.258. The highest BCUT2D eigenvalue weighted by atomic mass is 35.5. The second-order valence-corrected chi connectivity index (χ2v) is 15.7. The molecule has 4 aliphatic carbocycles. The maximum absolute atomic E-state index is 18.0. The zero-order valence-electron chi connectivity index (χ0n) is 24.5. The van der Waals surface area contributed by atoms with Crippen LogP contribution in [0.15, 0.2) is 41.3 Å². The summed E-state index contributed by atoms with van der Waals surface area (Å²) in [5.41, 5.74) is -3.70. The van der Waals surface area contributed by atoms with Crippen molar-refractivity contribution >= 4 is 57.4 Å². The minimum Gasteiger partial charge on any atom is -0.461 e. The van der Waals surface area contributed by atoms with Crippen LogP contribution in [0.4, 0.5) is 8.78 Å². The number of alkyl halides is 2. The second kappa shape index (κ2) is 10.7. The number of aliphatic hydroxyl groups is 1. The largest absolute Gasteiger partial charge is 0.461 e. The molecule has 2 aromatic rings. The third-order valence-corrected chi connectivity index (χ3v) is 13.0. The number of fused-ring (bicyclic) bond motifs is 5. The van der Waals surface area contributed by atoms with Crippen LogP contribution in [0.5, 0.6) is 0 Å². The lowest BCUT2D eigenvalue weighted by Gasteiger charge is -2.62. The molecule has 0 spiro atoms. The lowest BCUT2D eigenvalue weighted by Crippen LogP contribution is -2.68. The van der Waals surface area contributed by atoms with E-state index in [-0.39, 0.29) is 60.4 Å². The number of carbonyl (C=O) groups is 3. The van der Waals surface area contributed by atoms with Crippen LogP contribution in [-0.2, 0) is 20.7 Å². The van der Waals surface area contributed by atoms with E-state index in [1.54, 1.807) is 37.4 Å². The highest BCUT2D eigenvalue weighted by Crippen LogP contribution is 2.69. The Morgan fingerprint density at radius 2 is 1.93 bits per heavy atom. The van der Waals surface area contributed by atoms with Gasteiger partial charge < -0.3 is 9.84 Å². The molecule has 43 heavy (non-hydrogen) atoms. The number of ether oxygens (including phenoxy) is 1. The third-order valence-electron chi connectivity index (χ3n) is 10.7. The maximum atomic E-state index is 18.0. The Bertz CT molecular complexity index is 1560. The summed E-state index contributed by atoms with van der Waals surface area (Å²) in [6, 6.07) is 5.09. The number of ketones is 2. The number of esters is 1. The van der Waals surface area contributed by atoms with E-state index in [0.717, 1.165) is 0 Å². The van der Waals surface area contributed by atoms with Crippen molar-refractivity contribution in [3.05, 3.63) is 61.0 Å². The summed E-state index contributed by atoms with van der Waals surface area (Å²) in [5.74, 6) is -2.20. The normalized spacial score (nSPS) is 38.5. The van der Waals surface area contributed by atoms with Crippen LogP contribution >= 0.6 is 34.3 Å². The number of thiophene rings is 2. The van der Waals surface area contributed by atoms with Gasteiger partial charge in [0.05, 0.1) is 15.3 Å². The average Bonchev–Trinajstić information content (AvgIpc) is 3.66. The van der Waals surface area contributed by atoms with Gasteiger partial charge in [-0.25, -0.2) is 8.78 Å². The number of hydrogen-bond acceptors (Lipinski definition) is 7. The van der Waals surface area contributed by atoms with E-state index in [9.17, 15) is 19.5 Å². The van der Waals surface area contributed by atoms with Crippen LogP contribution in [0.2, 0.25) is 4.34 Å². The summed E-state index contributed by atoms with van der Waals surface area (Å²) in [4.78, 5) is 39.9. The highest BCUT2D eigenvalue weighted by Gasteiger charge is 2.73. The van der Waals surface area contributed by atoms with Crippen LogP contribution in [0.25, 0.3) is 5.57 Å². The second-order valence-electron chi connectivity index (χ2n) is 13.1. The summed E-state index contributed by atoms with van der Waals surface area (Å²) in [6.45, 7) is 7.21. The van der Waals surface area contributed by atoms with Gasteiger partial charge in [0.2, 0.25) is 0 Å². The van der Waals surface area contributed by atoms with Crippen LogP contribution in [-0.4, -0.2) is 46.7 Å². The van der Waals surface area contributed by atoms with Crippen molar-refractivity contribution in [1.82, 2.24) is 0 Å². The molecule has 230 valence electrons. The Labute approximate surface area is 263 Å². The molecule has 0 unspecified atom stereocenters. The fourth-order valence-corrected chi connectivity index (χ4v) is 10.6. The zero-order chi connectivity index (χ0) is 31.1. The summed E-state index contributed by atoms with van der Waals surface area (Å²) < 4.78 is 40.5. The van der Waals surface area contributed by atoms with E-state index in [1.165, 1.54) is 34.8 Å². The van der Waals surface area contributed by atoms with Crippen molar-refractivity contribution in [2.24, 2.45) is 28.6 Å². The minimum absolute atomic E-state index is 0.0293. The lowest BCUT2D eigenvalue weighted by atomic mass is 9.45. The molecule has 3 saturated carbocycles. The van der Waals surface area contributed by atoms with Crippen molar-refractivity contribution in [2.45, 2.75) is 83.8 Å². The van der Waals surface area contributed by atoms with Gasteiger partial charge in [-0.3, -0.25) is 14.4 Å². The number of allylic oxidation sites excluding steroid dienone is 4. The van der Waals surface area contributed by atoms with Crippen molar-refractivity contribution in [2.75, 3.05) is 0 Å². The van der Waals surface area contributed by atoms with Gasteiger partial charge in [0.1, 0.15) is 12.3 Å². The molecule has 0 saturated heterocycles. The van der Waals surface area contributed by atoms with Crippen molar-refractivity contribution in [1.29, 1.82) is 0 Å². The van der Waals surface area contributed by atoms with Crippen molar-refractivity contribution < 1.29 is 33.0 Å². The van der Waals surface area contributed by atoms with E-state index in [1.807, 2.05) is 13.8 Å². The van der Waals surface area contributed by atoms with E-state index in [4.69, 9.17) is 16.3 Å². The molecule has 2 aromatic heterocycles. The molecule has 6 rings (SSSR count). The molecule has 4 aliphatic rings. The van der Waals surface area contributed by atoms with Crippen LogP contribution in [0.1, 0.15) is 73.5 Å². The molecule has 9 atom stereocenters. The SMILES string of the molecule is CCC(=O)O[C@H]1[C@H](C)C[C@H]2[C@@H]3C[C@H](F)C4=CC(=O)C(c5sccc5CC(=O)c5ccc(Cl)s5)=C[C@]4(C)[C@@]3(F)[C@@H](O)C[C@@]21C. The molecule has 0 aromatic carbocycles. The van der Waals surface area contributed by atoms with Gasteiger partial charge in [0.15, 0.2) is 17.2 Å². The Hall–Kier alpha value is -2.20. The number of Topliss-reactive ketones (excluding diaryl/α,β-unsaturated/α-hetero) is 1. The van der Waals surface area contributed by atoms with Crippen LogP contribution in [0.3, 0.4) is 0 Å².